The monoisotopic (exact) mass is 343 g/mol. The summed E-state index contributed by atoms with van der Waals surface area (Å²) in [6, 6.07) is 7.13. The van der Waals surface area contributed by atoms with Gasteiger partial charge in [-0.2, -0.15) is 0 Å². The zero-order chi connectivity index (χ0) is 17.9. The van der Waals surface area contributed by atoms with Crippen LogP contribution in [0.3, 0.4) is 0 Å². The van der Waals surface area contributed by atoms with Crippen molar-refractivity contribution in [3.8, 4) is 11.3 Å². The molecule has 1 saturated heterocycles. The number of aromatic nitrogens is 1. The third kappa shape index (κ3) is 3.02. The maximum Gasteiger partial charge on any atom is 0.254 e. The van der Waals surface area contributed by atoms with Crippen molar-refractivity contribution < 1.29 is 18.7 Å². The van der Waals surface area contributed by atoms with Crippen molar-refractivity contribution in [2.45, 2.75) is 18.4 Å². The Labute approximate surface area is 146 Å². The van der Waals surface area contributed by atoms with Gasteiger partial charge in [-0.1, -0.05) is 12.1 Å². The lowest BCUT2D eigenvalue weighted by atomic mass is 9.95. The number of oxazole rings is 1. The number of carbonyl (C=O) groups is 2. The molecule has 0 radical (unpaired) electrons. The fourth-order valence-corrected chi connectivity index (χ4v) is 3.42. The molecule has 7 heteroatoms. The van der Waals surface area contributed by atoms with Crippen molar-refractivity contribution in [1.29, 1.82) is 0 Å². The summed E-state index contributed by atoms with van der Waals surface area (Å²) in [5.41, 5.74) is 0.294. The number of nitrogens with one attached hydrogen (secondary N) is 1. The zero-order valence-electron chi connectivity index (χ0n) is 14.3. The molecule has 0 saturated carbocycles. The maximum absolute atomic E-state index is 13.1. The van der Waals surface area contributed by atoms with Crippen LogP contribution in [0, 0.1) is 0 Å². The second-order valence-corrected chi connectivity index (χ2v) is 6.05. The standard InChI is InChI=1S/C18H21N3O4/c1-19-17(23)18(11-24-2)7-4-8-21(18)16(22)14-6-3-5-13(9-14)15-10-20-12-25-15/h3,5-6,9-10,12H,4,7-8,11H2,1-2H3,(H,19,23). The van der Waals surface area contributed by atoms with Gasteiger partial charge in [0.15, 0.2) is 12.2 Å². The minimum atomic E-state index is -0.969. The number of hydrogen-bond donors (Lipinski definition) is 1. The van der Waals surface area contributed by atoms with Gasteiger partial charge in [-0.05, 0) is 25.0 Å². The SMILES string of the molecule is CNC(=O)C1(COC)CCCN1C(=O)c1cccc(-c2cnco2)c1. The number of rotatable bonds is 5. The van der Waals surface area contributed by atoms with E-state index < -0.39 is 5.54 Å². The molecular weight excluding hydrogens is 322 g/mol. The summed E-state index contributed by atoms with van der Waals surface area (Å²) in [5, 5.41) is 2.67. The Morgan fingerprint density at radius 1 is 1.44 bits per heavy atom. The van der Waals surface area contributed by atoms with Gasteiger partial charge in [0.2, 0.25) is 5.91 Å². The lowest BCUT2D eigenvalue weighted by Crippen LogP contribution is -2.59. The molecule has 1 atom stereocenters. The van der Waals surface area contributed by atoms with E-state index in [-0.39, 0.29) is 18.4 Å². The fraction of sp³-hybridized carbons (Fsp3) is 0.389. The number of likely N-dealkylation sites (tertiary alicyclic amines) is 1. The topological polar surface area (TPSA) is 84.7 Å². The molecule has 1 aliphatic rings. The maximum atomic E-state index is 13.1. The Balaban J connectivity index is 1.94. The Kier molecular flexibility index (Phi) is 4.85. The summed E-state index contributed by atoms with van der Waals surface area (Å²) in [5.74, 6) is 0.191. The molecule has 2 aromatic rings. The second kappa shape index (κ2) is 7.06. The molecule has 0 aliphatic carbocycles. The Hall–Kier alpha value is -2.67. The van der Waals surface area contributed by atoms with Crippen molar-refractivity contribution in [3.05, 3.63) is 42.4 Å². The van der Waals surface area contributed by atoms with Crippen molar-refractivity contribution >= 4 is 11.8 Å². The van der Waals surface area contributed by atoms with Crippen LogP contribution in [0.25, 0.3) is 11.3 Å². The predicted molar refractivity (Wildman–Crippen MR) is 90.9 cm³/mol. The first-order valence-electron chi connectivity index (χ1n) is 8.14. The van der Waals surface area contributed by atoms with Crippen LogP contribution < -0.4 is 5.32 Å². The first-order valence-corrected chi connectivity index (χ1v) is 8.14. The van der Waals surface area contributed by atoms with E-state index in [2.05, 4.69) is 10.3 Å². The van der Waals surface area contributed by atoms with Gasteiger partial charge >= 0.3 is 0 Å². The van der Waals surface area contributed by atoms with Crippen molar-refractivity contribution in [3.63, 3.8) is 0 Å². The third-order valence-electron chi connectivity index (χ3n) is 4.59. The van der Waals surface area contributed by atoms with Crippen molar-refractivity contribution in [1.82, 2.24) is 15.2 Å². The van der Waals surface area contributed by atoms with E-state index in [1.807, 2.05) is 6.07 Å². The van der Waals surface area contributed by atoms with Crippen LogP contribution in [0.5, 0.6) is 0 Å². The van der Waals surface area contributed by atoms with Crippen LogP contribution in [0.4, 0.5) is 0 Å². The second-order valence-electron chi connectivity index (χ2n) is 6.05. The first-order chi connectivity index (χ1) is 12.1. The van der Waals surface area contributed by atoms with Crippen LogP contribution in [0.1, 0.15) is 23.2 Å². The smallest absolute Gasteiger partial charge is 0.254 e. The minimum Gasteiger partial charge on any atom is -0.444 e. The number of hydrogen-bond acceptors (Lipinski definition) is 5. The Morgan fingerprint density at radius 3 is 2.96 bits per heavy atom. The molecule has 1 aromatic carbocycles. The lowest BCUT2D eigenvalue weighted by molar-refractivity contribution is -0.133. The van der Waals surface area contributed by atoms with Gasteiger partial charge in [-0.3, -0.25) is 9.59 Å². The van der Waals surface area contributed by atoms with E-state index >= 15 is 0 Å². The van der Waals surface area contributed by atoms with Crippen LogP contribution in [0.15, 0.2) is 41.3 Å². The van der Waals surface area contributed by atoms with Crippen LogP contribution in [-0.2, 0) is 9.53 Å². The zero-order valence-corrected chi connectivity index (χ0v) is 14.3. The molecule has 3 rings (SSSR count). The summed E-state index contributed by atoms with van der Waals surface area (Å²) in [6.07, 6.45) is 4.27. The molecular formula is C18H21N3O4. The first kappa shape index (κ1) is 17.2. The summed E-state index contributed by atoms with van der Waals surface area (Å²) < 4.78 is 10.6. The van der Waals surface area contributed by atoms with Crippen LogP contribution >= 0.6 is 0 Å². The average Bonchev–Trinajstić information content (AvgIpc) is 3.31. The third-order valence-corrected chi connectivity index (χ3v) is 4.59. The van der Waals surface area contributed by atoms with E-state index in [1.165, 1.54) is 13.5 Å². The van der Waals surface area contributed by atoms with Gasteiger partial charge < -0.3 is 19.4 Å². The van der Waals surface area contributed by atoms with Gasteiger partial charge in [0.25, 0.3) is 5.91 Å². The molecule has 1 fully saturated rings. The number of ether oxygens (including phenoxy) is 1. The average molecular weight is 343 g/mol. The van der Waals surface area contributed by atoms with Crippen LogP contribution in [-0.4, -0.2) is 54.5 Å². The molecule has 1 unspecified atom stereocenters. The van der Waals surface area contributed by atoms with E-state index in [1.54, 1.807) is 36.3 Å². The lowest BCUT2D eigenvalue weighted by Gasteiger charge is -2.36. The van der Waals surface area contributed by atoms with Gasteiger partial charge in [0.1, 0.15) is 5.54 Å². The van der Waals surface area contributed by atoms with Gasteiger partial charge in [0, 0.05) is 31.8 Å². The largest absolute Gasteiger partial charge is 0.444 e. The highest BCUT2D eigenvalue weighted by atomic mass is 16.5. The molecule has 2 heterocycles. The highest BCUT2D eigenvalue weighted by Crippen LogP contribution is 2.32. The van der Waals surface area contributed by atoms with E-state index in [9.17, 15) is 9.59 Å². The normalized spacial score (nSPS) is 19.8. The summed E-state index contributed by atoms with van der Waals surface area (Å²) >= 11 is 0. The number of likely N-dealkylation sites (N-methyl/N-ethyl adjacent to an activating group) is 1. The number of benzene rings is 1. The number of nitrogens with zero attached hydrogens (tertiary/aromatic N) is 2. The summed E-state index contributed by atoms with van der Waals surface area (Å²) in [7, 11) is 3.11. The molecule has 1 aliphatic heterocycles. The van der Waals surface area contributed by atoms with Crippen molar-refractivity contribution in [2.75, 3.05) is 27.3 Å². The molecule has 1 aromatic heterocycles. The van der Waals surface area contributed by atoms with Crippen molar-refractivity contribution in [2.24, 2.45) is 0 Å². The predicted octanol–water partition coefficient (Wildman–Crippen LogP) is 1.71. The molecule has 1 N–H and O–H groups in total. The van der Waals surface area contributed by atoms with E-state index in [4.69, 9.17) is 9.15 Å². The number of carbonyl (C=O) groups excluding carboxylic acids is 2. The Morgan fingerprint density at radius 2 is 2.28 bits per heavy atom. The highest BCUT2D eigenvalue weighted by molar-refractivity contribution is 6.00. The van der Waals surface area contributed by atoms with Gasteiger partial charge in [-0.15, -0.1) is 0 Å². The van der Waals surface area contributed by atoms with Crippen LogP contribution in [0.2, 0.25) is 0 Å². The fourth-order valence-electron chi connectivity index (χ4n) is 3.42. The Bertz CT molecular complexity index is 759. The number of amides is 2. The quantitative estimate of drug-likeness (QED) is 0.893. The molecule has 2 amide bonds. The minimum absolute atomic E-state index is 0.167. The molecule has 132 valence electrons. The van der Waals surface area contributed by atoms with E-state index in [0.717, 1.165) is 12.0 Å². The highest BCUT2D eigenvalue weighted by Gasteiger charge is 2.49. The van der Waals surface area contributed by atoms with E-state index in [0.29, 0.717) is 24.3 Å². The summed E-state index contributed by atoms with van der Waals surface area (Å²) in [6.45, 7) is 0.683. The number of methoxy groups -OCH3 is 1. The van der Waals surface area contributed by atoms with Gasteiger partial charge in [-0.25, -0.2) is 4.98 Å². The molecule has 7 nitrogen and oxygen atoms in total. The summed E-state index contributed by atoms with van der Waals surface area (Å²) in [4.78, 5) is 31.2. The molecule has 25 heavy (non-hydrogen) atoms. The molecule has 0 bridgehead atoms. The van der Waals surface area contributed by atoms with Gasteiger partial charge in [0.05, 0.1) is 12.8 Å². The molecule has 0 spiro atoms.